The Morgan fingerprint density at radius 2 is 1.72 bits per heavy atom. The molecule has 2 aromatic rings. The average Bonchev–Trinajstić information content (AvgIpc) is 2.29. The fraction of sp³-hybridized carbons (Fsp3) is 0.143. The molecule has 0 aliphatic heterocycles. The van der Waals surface area contributed by atoms with Gasteiger partial charge in [0.2, 0.25) is 0 Å². The van der Waals surface area contributed by atoms with E-state index in [0.717, 1.165) is 5.56 Å². The van der Waals surface area contributed by atoms with E-state index in [1.807, 2.05) is 30.3 Å². The van der Waals surface area contributed by atoms with Crippen LogP contribution in [0.4, 0.5) is 5.69 Å². The molecule has 18 heavy (non-hydrogen) atoms. The monoisotopic (exact) mass is 261 g/mol. The summed E-state index contributed by atoms with van der Waals surface area (Å²) in [5, 5.41) is 0. The summed E-state index contributed by atoms with van der Waals surface area (Å²) in [4.78, 5) is 0.348. The Morgan fingerprint density at radius 3 is 2.33 bits per heavy atom. The molecule has 2 N–H and O–H groups in total. The first-order chi connectivity index (χ1) is 8.49. The third-order valence-corrected chi connectivity index (χ3v) is 4.58. The maximum absolute atomic E-state index is 12.3. The number of nitrogens with two attached hydrogens (primary N) is 1. The van der Waals surface area contributed by atoms with Crippen molar-refractivity contribution in [3.8, 4) is 0 Å². The lowest BCUT2D eigenvalue weighted by Gasteiger charge is -2.08. The summed E-state index contributed by atoms with van der Waals surface area (Å²) >= 11 is 0. The van der Waals surface area contributed by atoms with Crippen LogP contribution in [0.5, 0.6) is 0 Å². The SMILES string of the molecule is Cc1cc(N)ccc1S(=O)(=O)Cc1ccccc1. The Morgan fingerprint density at radius 1 is 1.06 bits per heavy atom. The molecule has 0 fully saturated rings. The average molecular weight is 261 g/mol. The lowest BCUT2D eigenvalue weighted by molar-refractivity contribution is 0.594. The topological polar surface area (TPSA) is 60.2 Å². The van der Waals surface area contributed by atoms with Crippen LogP contribution in [0.1, 0.15) is 11.1 Å². The molecular weight excluding hydrogens is 246 g/mol. The fourth-order valence-electron chi connectivity index (χ4n) is 1.89. The highest BCUT2D eigenvalue weighted by atomic mass is 32.2. The van der Waals surface area contributed by atoms with Gasteiger partial charge in [-0.25, -0.2) is 8.42 Å². The van der Waals surface area contributed by atoms with Crippen LogP contribution in [-0.4, -0.2) is 8.42 Å². The van der Waals surface area contributed by atoms with Gasteiger partial charge in [0.05, 0.1) is 10.6 Å². The molecule has 0 spiro atoms. The first-order valence-corrected chi connectivity index (χ1v) is 7.27. The van der Waals surface area contributed by atoms with Crippen LogP contribution in [0.25, 0.3) is 0 Å². The van der Waals surface area contributed by atoms with Crippen molar-refractivity contribution in [1.29, 1.82) is 0 Å². The van der Waals surface area contributed by atoms with Crippen molar-refractivity contribution < 1.29 is 8.42 Å². The van der Waals surface area contributed by atoms with Crippen molar-refractivity contribution in [1.82, 2.24) is 0 Å². The van der Waals surface area contributed by atoms with Crippen molar-refractivity contribution in [2.24, 2.45) is 0 Å². The van der Waals surface area contributed by atoms with Gasteiger partial charge in [-0.15, -0.1) is 0 Å². The summed E-state index contributed by atoms with van der Waals surface area (Å²) in [6.07, 6.45) is 0. The van der Waals surface area contributed by atoms with E-state index < -0.39 is 9.84 Å². The van der Waals surface area contributed by atoms with Crippen LogP contribution in [0.3, 0.4) is 0 Å². The Balaban J connectivity index is 2.37. The van der Waals surface area contributed by atoms with E-state index in [0.29, 0.717) is 16.1 Å². The second-order valence-electron chi connectivity index (χ2n) is 4.27. The summed E-state index contributed by atoms with van der Waals surface area (Å²) in [6.45, 7) is 1.76. The van der Waals surface area contributed by atoms with Crippen molar-refractivity contribution in [2.75, 3.05) is 5.73 Å². The second-order valence-corrected chi connectivity index (χ2v) is 6.23. The molecule has 0 heterocycles. The van der Waals surface area contributed by atoms with Crippen LogP contribution in [-0.2, 0) is 15.6 Å². The molecule has 0 bridgehead atoms. The minimum absolute atomic E-state index is 0.0125. The van der Waals surface area contributed by atoms with Gasteiger partial charge in [0.25, 0.3) is 0 Å². The van der Waals surface area contributed by atoms with E-state index in [1.165, 1.54) is 0 Å². The van der Waals surface area contributed by atoms with E-state index in [1.54, 1.807) is 25.1 Å². The highest BCUT2D eigenvalue weighted by Gasteiger charge is 2.17. The number of hydrogen-bond donors (Lipinski definition) is 1. The zero-order valence-corrected chi connectivity index (χ0v) is 10.9. The third-order valence-electron chi connectivity index (χ3n) is 2.73. The zero-order chi connectivity index (χ0) is 13.2. The highest BCUT2D eigenvalue weighted by Crippen LogP contribution is 2.21. The van der Waals surface area contributed by atoms with Gasteiger partial charge in [-0.1, -0.05) is 30.3 Å². The number of sulfone groups is 1. The zero-order valence-electron chi connectivity index (χ0n) is 10.1. The lowest BCUT2D eigenvalue weighted by atomic mass is 10.2. The summed E-state index contributed by atoms with van der Waals surface area (Å²) in [5.41, 5.74) is 7.68. The standard InChI is InChI=1S/C14H15NO2S/c1-11-9-13(15)7-8-14(11)18(16,17)10-12-5-3-2-4-6-12/h2-9H,10,15H2,1H3. The van der Waals surface area contributed by atoms with Gasteiger partial charge in [-0.3, -0.25) is 0 Å². The summed E-state index contributed by atoms with van der Waals surface area (Å²) in [6, 6.07) is 14.0. The van der Waals surface area contributed by atoms with Crippen LogP contribution in [0, 0.1) is 6.92 Å². The molecule has 0 amide bonds. The van der Waals surface area contributed by atoms with Crippen molar-refractivity contribution in [3.63, 3.8) is 0 Å². The van der Waals surface area contributed by atoms with E-state index in [2.05, 4.69) is 0 Å². The van der Waals surface area contributed by atoms with Gasteiger partial charge in [0.1, 0.15) is 0 Å². The van der Waals surface area contributed by atoms with Crippen LogP contribution >= 0.6 is 0 Å². The molecule has 0 aliphatic carbocycles. The van der Waals surface area contributed by atoms with Gasteiger partial charge in [-0.05, 0) is 36.2 Å². The van der Waals surface area contributed by atoms with Crippen LogP contribution in [0.15, 0.2) is 53.4 Å². The highest BCUT2D eigenvalue weighted by molar-refractivity contribution is 7.90. The quantitative estimate of drug-likeness (QED) is 0.864. The lowest BCUT2D eigenvalue weighted by Crippen LogP contribution is -2.07. The Kier molecular flexibility index (Phi) is 3.39. The number of hydrogen-bond acceptors (Lipinski definition) is 3. The van der Waals surface area contributed by atoms with Gasteiger partial charge >= 0.3 is 0 Å². The fourth-order valence-corrected chi connectivity index (χ4v) is 3.50. The molecule has 0 radical (unpaired) electrons. The van der Waals surface area contributed by atoms with Crippen molar-refractivity contribution in [3.05, 3.63) is 59.7 Å². The molecule has 0 saturated heterocycles. The maximum Gasteiger partial charge on any atom is 0.182 e. The van der Waals surface area contributed by atoms with E-state index in [9.17, 15) is 8.42 Å². The Hall–Kier alpha value is -1.81. The Labute approximate surface area is 107 Å². The van der Waals surface area contributed by atoms with Gasteiger partial charge in [-0.2, -0.15) is 0 Å². The molecular formula is C14H15NO2S. The van der Waals surface area contributed by atoms with Crippen molar-refractivity contribution in [2.45, 2.75) is 17.6 Å². The molecule has 0 aliphatic rings. The molecule has 3 nitrogen and oxygen atoms in total. The molecule has 0 atom stereocenters. The number of rotatable bonds is 3. The van der Waals surface area contributed by atoms with E-state index in [4.69, 9.17) is 5.73 Å². The van der Waals surface area contributed by atoms with Crippen molar-refractivity contribution >= 4 is 15.5 Å². The summed E-state index contributed by atoms with van der Waals surface area (Å²) in [5.74, 6) is 0.0125. The molecule has 4 heteroatoms. The number of aryl methyl sites for hydroxylation is 1. The van der Waals surface area contributed by atoms with Gasteiger partial charge in [0, 0.05) is 5.69 Å². The normalized spacial score (nSPS) is 11.4. The predicted molar refractivity (Wildman–Crippen MR) is 72.9 cm³/mol. The first-order valence-electron chi connectivity index (χ1n) is 5.62. The van der Waals surface area contributed by atoms with Crippen LogP contribution < -0.4 is 5.73 Å². The van der Waals surface area contributed by atoms with Gasteiger partial charge in [0.15, 0.2) is 9.84 Å². The van der Waals surface area contributed by atoms with E-state index >= 15 is 0 Å². The molecule has 0 unspecified atom stereocenters. The molecule has 2 rings (SSSR count). The molecule has 0 aromatic heterocycles. The second kappa shape index (κ2) is 4.82. The summed E-state index contributed by atoms with van der Waals surface area (Å²) in [7, 11) is -3.32. The smallest absolute Gasteiger partial charge is 0.182 e. The minimum Gasteiger partial charge on any atom is -0.399 e. The maximum atomic E-state index is 12.3. The van der Waals surface area contributed by atoms with Gasteiger partial charge < -0.3 is 5.73 Å². The third kappa shape index (κ3) is 2.71. The number of benzene rings is 2. The largest absolute Gasteiger partial charge is 0.399 e. The Bertz CT molecular complexity index is 649. The number of nitrogen functional groups attached to an aromatic ring is 1. The molecule has 94 valence electrons. The first kappa shape index (κ1) is 12.6. The minimum atomic E-state index is -3.32. The van der Waals surface area contributed by atoms with Crippen LogP contribution in [0.2, 0.25) is 0 Å². The number of anilines is 1. The van der Waals surface area contributed by atoms with E-state index in [-0.39, 0.29) is 5.75 Å². The molecule has 0 saturated carbocycles. The summed E-state index contributed by atoms with van der Waals surface area (Å²) < 4.78 is 24.6. The molecule has 2 aromatic carbocycles. The predicted octanol–water partition coefficient (Wildman–Crippen LogP) is 2.55.